The van der Waals surface area contributed by atoms with Gasteiger partial charge in [-0.1, -0.05) is 18.2 Å². The first-order valence-corrected chi connectivity index (χ1v) is 8.98. The van der Waals surface area contributed by atoms with Gasteiger partial charge >= 0.3 is 0 Å². The van der Waals surface area contributed by atoms with Gasteiger partial charge in [0.25, 0.3) is 5.91 Å². The number of hydrogen-bond acceptors (Lipinski definition) is 4. The van der Waals surface area contributed by atoms with Gasteiger partial charge < -0.3 is 19.8 Å². The fraction of sp³-hybridized carbons (Fsp3) is 0.579. The number of aryl methyl sites for hydroxylation is 1. The van der Waals surface area contributed by atoms with Gasteiger partial charge in [-0.3, -0.25) is 9.59 Å². The smallest absolute Gasteiger partial charge is 0.256 e. The molecule has 25 heavy (non-hydrogen) atoms. The number of carbonyl (C=O) groups excluding carboxylic acids is 2. The van der Waals surface area contributed by atoms with E-state index in [-0.39, 0.29) is 18.4 Å². The van der Waals surface area contributed by atoms with E-state index in [2.05, 4.69) is 24.0 Å². The minimum absolute atomic E-state index is 0.0877. The summed E-state index contributed by atoms with van der Waals surface area (Å²) in [5.74, 6) is -0.321. The van der Waals surface area contributed by atoms with Gasteiger partial charge in [0.1, 0.15) is 0 Å². The molecular weight excluding hydrogens is 318 g/mol. The molecule has 2 aliphatic heterocycles. The molecular formula is C19H27N3O3. The topological polar surface area (TPSA) is 64.1 Å². The first kappa shape index (κ1) is 17.7. The highest BCUT2D eigenvalue weighted by atomic mass is 16.3. The number of piperidine rings is 1. The average molecular weight is 345 g/mol. The van der Waals surface area contributed by atoms with Crippen molar-refractivity contribution in [1.29, 1.82) is 0 Å². The van der Waals surface area contributed by atoms with Gasteiger partial charge in [-0.15, -0.1) is 0 Å². The summed E-state index contributed by atoms with van der Waals surface area (Å²) in [5.41, 5.74) is 0.994. The van der Waals surface area contributed by atoms with Crippen LogP contribution in [0.1, 0.15) is 25.3 Å². The molecule has 0 aromatic heterocycles. The molecule has 1 N–H and O–H groups in total. The van der Waals surface area contributed by atoms with Crippen molar-refractivity contribution >= 4 is 17.5 Å². The monoisotopic (exact) mass is 345 g/mol. The highest BCUT2D eigenvalue weighted by Crippen LogP contribution is 2.26. The largest absolute Gasteiger partial charge is 0.378 e. The normalized spacial score (nSPS) is 24.4. The summed E-state index contributed by atoms with van der Waals surface area (Å²) in [5, 5.41) is 10.8. The summed E-state index contributed by atoms with van der Waals surface area (Å²) in [4.78, 5) is 30.1. The van der Waals surface area contributed by atoms with Gasteiger partial charge in [0, 0.05) is 45.3 Å². The lowest BCUT2D eigenvalue weighted by molar-refractivity contribution is -0.160. The van der Waals surface area contributed by atoms with E-state index in [0.29, 0.717) is 32.5 Å². The number of aliphatic hydroxyl groups is 1. The van der Waals surface area contributed by atoms with E-state index < -0.39 is 5.60 Å². The molecule has 1 atom stereocenters. The van der Waals surface area contributed by atoms with Gasteiger partial charge in [-0.2, -0.15) is 0 Å². The number of rotatable bonds is 2. The second kappa shape index (κ2) is 7.04. The number of hydrogen-bond donors (Lipinski definition) is 1. The second-order valence-electron chi connectivity index (χ2n) is 7.14. The van der Waals surface area contributed by atoms with Crippen molar-refractivity contribution in [1.82, 2.24) is 9.80 Å². The molecule has 0 aliphatic carbocycles. The summed E-state index contributed by atoms with van der Waals surface area (Å²) < 4.78 is 0. The number of piperazine rings is 1. The Labute approximate surface area is 149 Å². The lowest BCUT2D eigenvalue weighted by atomic mass is 9.91. The zero-order valence-corrected chi connectivity index (χ0v) is 15.1. The molecule has 136 valence electrons. The van der Waals surface area contributed by atoms with Crippen LogP contribution >= 0.6 is 0 Å². The molecule has 0 radical (unpaired) electrons. The quantitative estimate of drug-likeness (QED) is 0.869. The molecule has 0 spiro atoms. The molecule has 6 nitrogen and oxygen atoms in total. The Kier molecular flexibility index (Phi) is 4.99. The van der Waals surface area contributed by atoms with Crippen LogP contribution in [0, 0.1) is 6.92 Å². The first-order valence-electron chi connectivity index (χ1n) is 8.98. The van der Waals surface area contributed by atoms with Crippen molar-refractivity contribution < 1.29 is 14.7 Å². The van der Waals surface area contributed by atoms with Gasteiger partial charge in [0.05, 0.1) is 6.54 Å². The summed E-state index contributed by atoms with van der Waals surface area (Å²) in [7, 11) is 0. The predicted octanol–water partition coefficient (Wildman–Crippen LogP) is 1.02. The van der Waals surface area contributed by atoms with E-state index in [1.54, 1.807) is 9.80 Å². The number of para-hydroxylation sites is 1. The Morgan fingerprint density at radius 2 is 1.72 bits per heavy atom. The maximum Gasteiger partial charge on any atom is 0.256 e. The van der Waals surface area contributed by atoms with Gasteiger partial charge in [0.2, 0.25) is 5.91 Å². The number of carbonyl (C=O) groups is 2. The Bertz CT molecular complexity index is 655. The van der Waals surface area contributed by atoms with Crippen LogP contribution < -0.4 is 4.90 Å². The molecule has 0 saturated carbocycles. The van der Waals surface area contributed by atoms with Crippen molar-refractivity contribution in [3.63, 3.8) is 0 Å². The number of anilines is 1. The van der Waals surface area contributed by atoms with Gasteiger partial charge in [-0.25, -0.2) is 0 Å². The third-order valence-corrected chi connectivity index (χ3v) is 5.34. The van der Waals surface area contributed by atoms with Crippen LogP contribution in [0.4, 0.5) is 5.69 Å². The van der Waals surface area contributed by atoms with Gasteiger partial charge in [-0.05, 0) is 31.4 Å². The third-order valence-electron chi connectivity index (χ3n) is 5.34. The van der Waals surface area contributed by atoms with E-state index in [1.807, 2.05) is 12.1 Å². The van der Waals surface area contributed by atoms with E-state index in [4.69, 9.17) is 0 Å². The van der Waals surface area contributed by atoms with E-state index in [1.165, 1.54) is 18.2 Å². The zero-order valence-electron chi connectivity index (χ0n) is 15.1. The molecule has 2 saturated heterocycles. The van der Waals surface area contributed by atoms with Crippen LogP contribution in [-0.4, -0.2) is 71.6 Å². The summed E-state index contributed by atoms with van der Waals surface area (Å²) >= 11 is 0. The van der Waals surface area contributed by atoms with E-state index in [9.17, 15) is 14.7 Å². The van der Waals surface area contributed by atoms with Gasteiger partial charge in [0.15, 0.2) is 5.60 Å². The van der Waals surface area contributed by atoms with E-state index >= 15 is 0 Å². The molecule has 1 aromatic carbocycles. The number of benzene rings is 1. The summed E-state index contributed by atoms with van der Waals surface area (Å²) in [6.45, 7) is 6.99. The minimum Gasteiger partial charge on any atom is -0.378 e. The number of nitrogens with zero attached hydrogens (tertiary/aromatic N) is 3. The Balaban J connectivity index is 1.63. The fourth-order valence-corrected chi connectivity index (χ4v) is 3.84. The Hall–Kier alpha value is -2.08. The molecule has 0 bridgehead atoms. The average Bonchev–Trinajstić information content (AvgIpc) is 2.62. The standard InChI is InChI=1S/C19H27N3O3/c1-15-6-3-4-7-17(15)20-10-12-21(13-11-20)18(24)19(25)8-5-9-22(14-19)16(2)23/h3-4,6-7,25H,5,8-14H2,1-2H3. The molecule has 6 heteroatoms. The van der Waals surface area contributed by atoms with Crippen molar-refractivity contribution in [2.45, 2.75) is 32.3 Å². The van der Waals surface area contributed by atoms with Crippen LogP contribution in [-0.2, 0) is 9.59 Å². The molecule has 2 fully saturated rings. The Morgan fingerprint density at radius 3 is 2.36 bits per heavy atom. The molecule has 2 aliphatic rings. The Morgan fingerprint density at radius 1 is 1.04 bits per heavy atom. The predicted molar refractivity (Wildman–Crippen MR) is 96.4 cm³/mol. The van der Waals surface area contributed by atoms with Crippen LogP contribution in [0.25, 0.3) is 0 Å². The first-order chi connectivity index (χ1) is 11.9. The highest BCUT2D eigenvalue weighted by Gasteiger charge is 2.44. The maximum atomic E-state index is 12.9. The lowest BCUT2D eigenvalue weighted by Crippen LogP contribution is -2.61. The molecule has 3 rings (SSSR count). The third kappa shape index (κ3) is 3.63. The molecule has 2 amide bonds. The lowest BCUT2D eigenvalue weighted by Gasteiger charge is -2.43. The van der Waals surface area contributed by atoms with Crippen LogP contribution in [0.15, 0.2) is 24.3 Å². The number of β-amino-alcohol motifs (C(OH)–C–C–N with tert-alkyl or cyclic N) is 1. The van der Waals surface area contributed by atoms with E-state index in [0.717, 1.165) is 13.1 Å². The fourth-order valence-electron chi connectivity index (χ4n) is 3.84. The maximum absolute atomic E-state index is 12.9. The molecule has 2 heterocycles. The highest BCUT2D eigenvalue weighted by molar-refractivity contribution is 5.86. The zero-order chi connectivity index (χ0) is 18.0. The molecule has 1 aromatic rings. The van der Waals surface area contributed by atoms with Crippen molar-refractivity contribution in [2.75, 3.05) is 44.2 Å². The van der Waals surface area contributed by atoms with Crippen molar-refractivity contribution in [3.8, 4) is 0 Å². The SMILES string of the molecule is CC(=O)N1CCCC(O)(C(=O)N2CCN(c3ccccc3C)CC2)C1. The summed E-state index contributed by atoms with van der Waals surface area (Å²) in [6.07, 6.45) is 1.08. The number of likely N-dealkylation sites (tertiary alicyclic amines) is 1. The van der Waals surface area contributed by atoms with Crippen LogP contribution in [0.2, 0.25) is 0 Å². The number of amides is 2. The summed E-state index contributed by atoms with van der Waals surface area (Å²) in [6, 6.07) is 8.25. The molecule has 1 unspecified atom stereocenters. The van der Waals surface area contributed by atoms with Crippen molar-refractivity contribution in [2.24, 2.45) is 0 Å². The van der Waals surface area contributed by atoms with Crippen LogP contribution in [0.5, 0.6) is 0 Å². The van der Waals surface area contributed by atoms with Crippen molar-refractivity contribution in [3.05, 3.63) is 29.8 Å². The minimum atomic E-state index is -1.44. The second-order valence-corrected chi connectivity index (χ2v) is 7.14. The van der Waals surface area contributed by atoms with Crippen LogP contribution in [0.3, 0.4) is 0 Å².